The zero-order valence-electron chi connectivity index (χ0n) is 9.70. The number of anilines is 1. The van der Waals surface area contributed by atoms with E-state index in [0.717, 1.165) is 12.1 Å². The van der Waals surface area contributed by atoms with Crippen molar-refractivity contribution in [1.82, 2.24) is 15.0 Å². The van der Waals surface area contributed by atoms with Gasteiger partial charge in [-0.15, -0.1) is 5.10 Å². The average Bonchev–Trinajstić information content (AvgIpc) is 2.44. The average molecular weight is 196 g/mol. The molecule has 1 aromatic heterocycles. The van der Waals surface area contributed by atoms with Crippen molar-refractivity contribution in [3.8, 4) is 0 Å². The Morgan fingerprint density at radius 1 is 1.43 bits per heavy atom. The van der Waals surface area contributed by atoms with Gasteiger partial charge in [0.05, 0.1) is 11.7 Å². The van der Waals surface area contributed by atoms with Crippen molar-refractivity contribution in [3.63, 3.8) is 0 Å². The van der Waals surface area contributed by atoms with Crippen LogP contribution in [0.5, 0.6) is 0 Å². The Balaban J connectivity index is 3.19. The first-order chi connectivity index (χ1) is 6.38. The van der Waals surface area contributed by atoms with Crippen LogP contribution in [0.1, 0.15) is 52.8 Å². The molecular weight excluding hydrogens is 176 g/mol. The van der Waals surface area contributed by atoms with Crippen molar-refractivity contribution in [2.24, 2.45) is 0 Å². The predicted molar refractivity (Wildman–Crippen MR) is 58.1 cm³/mol. The van der Waals surface area contributed by atoms with Gasteiger partial charge in [0, 0.05) is 5.41 Å². The van der Waals surface area contributed by atoms with E-state index in [1.165, 1.54) is 0 Å². The maximum Gasteiger partial charge on any atom is 0.169 e. The lowest BCUT2D eigenvalue weighted by molar-refractivity contribution is 0.410. The van der Waals surface area contributed by atoms with E-state index in [-0.39, 0.29) is 5.41 Å². The van der Waals surface area contributed by atoms with E-state index in [0.29, 0.717) is 11.9 Å². The summed E-state index contributed by atoms with van der Waals surface area (Å²) in [6, 6.07) is 0.356. The molecule has 0 fully saturated rings. The second-order valence-electron chi connectivity index (χ2n) is 4.78. The van der Waals surface area contributed by atoms with Crippen molar-refractivity contribution in [1.29, 1.82) is 0 Å². The van der Waals surface area contributed by atoms with E-state index in [9.17, 15) is 0 Å². The van der Waals surface area contributed by atoms with Gasteiger partial charge in [-0.05, 0) is 13.3 Å². The van der Waals surface area contributed by atoms with Crippen molar-refractivity contribution < 1.29 is 0 Å². The van der Waals surface area contributed by atoms with Crippen LogP contribution in [-0.2, 0) is 5.41 Å². The SMILES string of the molecule is CCC(C)n1nnc(N)c1C(C)(C)C. The minimum absolute atomic E-state index is 0.00296. The molecule has 0 aliphatic heterocycles. The molecule has 4 heteroatoms. The standard InChI is InChI=1S/C10H20N4/c1-6-7(2)14-8(10(3,4)5)9(11)12-13-14/h7H,6,11H2,1-5H3. The highest BCUT2D eigenvalue weighted by atomic mass is 15.5. The molecule has 0 radical (unpaired) electrons. The summed E-state index contributed by atoms with van der Waals surface area (Å²) in [7, 11) is 0. The van der Waals surface area contributed by atoms with Crippen LogP contribution in [0.25, 0.3) is 0 Å². The predicted octanol–water partition coefficient (Wildman–Crippen LogP) is 2.13. The fraction of sp³-hybridized carbons (Fsp3) is 0.800. The minimum atomic E-state index is -0.00296. The molecule has 0 saturated heterocycles. The lowest BCUT2D eigenvalue weighted by Gasteiger charge is -2.22. The zero-order valence-corrected chi connectivity index (χ0v) is 9.70. The number of aromatic nitrogens is 3. The topological polar surface area (TPSA) is 56.7 Å². The van der Waals surface area contributed by atoms with Crippen molar-refractivity contribution >= 4 is 5.82 Å². The molecule has 1 rings (SSSR count). The number of hydrogen-bond acceptors (Lipinski definition) is 3. The fourth-order valence-corrected chi connectivity index (χ4v) is 1.52. The van der Waals surface area contributed by atoms with Crippen LogP contribution in [0.2, 0.25) is 0 Å². The number of nitrogen functional groups attached to an aromatic ring is 1. The first-order valence-corrected chi connectivity index (χ1v) is 5.09. The summed E-state index contributed by atoms with van der Waals surface area (Å²) in [6.07, 6.45) is 1.03. The molecule has 0 saturated carbocycles. The molecule has 0 amide bonds. The van der Waals surface area contributed by atoms with Crippen LogP contribution >= 0.6 is 0 Å². The maximum absolute atomic E-state index is 5.83. The van der Waals surface area contributed by atoms with Gasteiger partial charge in [0.2, 0.25) is 0 Å². The molecule has 4 nitrogen and oxygen atoms in total. The lowest BCUT2D eigenvalue weighted by atomic mass is 9.91. The Kier molecular flexibility index (Phi) is 2.83. The Labute approximate surface area is 85.5 Å². The molecule has 1 atom stereocenters. The van der Waals surface area contributed by atoms with Crippen LogP contribution in [0.4, 0.5) is 5.82 Å². The summed E-state index contributed by atoms with van der Waals surface area (Å²) < 4.78 is 1.94. The molecule has 0 aliphatic carbocycles. The van der Waals surface area contributed by atoms with E-state index < -0.39 is 0 Å². The Morgan fingerprint density at radius 2 is 2.00 bits per heavy atom. The Bertz CT molecular complexity index is 308. The van der Waals surface area contributed by atoms with Gasteiger partial charge in [0.15, 0.2) is 5.82 Å². The van der Waals surface area contributed by atoms with Crippen molar-refractivity contribution in [2.75, 3.05) is 5.73 Å². The van der Waals surface area contributed by atoms with Crippen LogP contribution in [0.3, 0.4) is 0 Å². The van der Waals surface area contributed by atoms with Gasteiger partial charge >= 0.3 is 0 Å². The molecule has 80 valence electrons. The molecule has 0 aliphatic rings. The first kappa shape index (κ1) is 11.0. The second-order valence-corrected chi connectivity index (χ2v) is 4.78. The van der Waals surface area contributed by atoms with E-state index in [4.69, 9.17) is 5.73 Å². The van der Waals surface area contributed by atoms with E-state index in [1.54, 1.807) is 0 Å². The van der Waals surface area contributed by atoms with Gasteiger partial charge in [0.25, 0.3) is 0 Å². The molecule has 0 aromatic carbocycles. The summed E-state index contributed by atoms with van der Waals surface area (Å²) >= 11 is 0. The molecule has 1 unspecified atom stereocenters. The maximum atomic E-state index is 5.83. The number of nitrogens with zero attached hydrogens (tertiary/aromatic N) is 3. The minimum Gasteiger partial charge on any atom is -0.381 e. The third-order valence-electron chi connectivity index (χ3n) is 2.44. The van der Waals surface area contributed by atoms with Gasteiger partial charge in [-0.2, -0.15) is 0 Å². The summed E-state index contributed by atoms with van der Waals surface area (Å²) in [5, 5.41) is 8.04. The van der Waals surface area contributed by atoms with Gasteiger partial charge in [-0.25, -0.2) is 4.68 Å². The lowest BCUT2D eigenvalue weighted by Crippen LogP contribution is -2.21. The van der Waals surface area contributed by atoms with E-state index >= 15 is 0 Å². The zero-order chi connectivity index (χ0) is 10.9. The second kappa shape index (κ2) is 3.59. The highest BCUT2D eigenvalue weighted by molar-refractivity contribution is 5.38. The number of rotatable bonds is 2. The Morgan fingerprint density at radius 3 is 2.43 bits per heavy atom. The van der Waals surface area contributed by atoms with Gasteiger partial charge in [0.1, 0.15) is 0 Å². The highest BCUT2D eigenvalue weighted by Crippen LogP contribution is 2.28. The third kappa shape index (κ3) is 1.89. The largest absolute Gasteiger partial charge is 0.381 e. The van der Waals surface area contributed by atoms with Gasteiger partial charge < -0.3 is 5.73 Å². The van der Waals surface area contributed by atoms with Crippen LogP contribution < -0.4 is 5.73 Å². The number of nitrogens with two attached hydrogens (primary N) is 1. The highest BCUT2D eigenvalue weighted by Gasteiger charge is 2.25. The summed E-state index contributed by atoms with van der Waals surface area (Å²) in [5.41, 5.74) is 6.86. The van der Waals surface area contributed by atoms with Crippen LogP contribution in [0, 0.1) is 0 Å². The molecule has 0 spiro atoms. The van der Waals surface area contributed by atoms with E-state index in [1.807, 2.05) is 4.68 Å². The van der Waals surface area contributed by atoms with Crippen LogP contribution in [-0.4, -0.2) is 15.0 Å². The number of hydrogen-bond donors (Lipinski definition) is 1. The molecule has 1 heterocycles. The summed E-state index contributed by atoms with van der Waals surface area (Å²) in [6.45, 7) is 10.6. The first-order valence-electron chi connectivity index (χ1n) is 5.09. The van der Waals surface area contributed by atoms with Crippen molar-refractivity contribution in [2.45, 2.75) is 52.5 Å². The molecule has 1 aromatic rings. The van der Waals surface area contributed by atoms with Gasteiger partial charge in [-0.1, -0.05) is 32.9 Å². The molecule has 2 N–H and O–H groups in total. The molecule has 0 bridgehead atoms. The molecule has 14 heavy (non-hydrogen) atoms. The van der Waals surface area contributed by atoms with E-state index in [2.05, 4.69) is 44.9 Å². The van der Waals surface area contributed by atoms with Crippen LogP contribution in [0.15, 0.2) is 0 Å². The normalized spacial score (nSPS) is 14.4. The monoisotopic (exact) mass is 196 g/mol. The fourth-order valence-electron chi connectivity index (χ4n) is 1.52. The summed E-state index contributed by atoms with van der Waals surface area (Å²) in [4.78, 5) is 0. The summed E-state index contributed by atoms with van der Waals surface area (Å²) in [5.74, 6) is 0.554. The Hall–Kier alpha value is -1.06. The van der Waals surface area contributed by atoms with Gasteiger partial charge in [-0.3, -0.25) is 0 Å². The smallest absolute Gasteiger partial charge is 0.169 e. The third-order valence-corrected chi connectivity index (χ3v) is 2.44. The molecular formula is C10H20N4. The quantitative estimate of drug-likeness (QED) is 0.788. The van der Waals surface area contributed by atoms with Crippen molar-refractivity contribution in [3.05, 3.63) is 5.69 Å².